The summed E-state index contributed by atoms with van der Waals surface area (Å²) in [7, 11) is 2.25. The van der Waals surface area contributed by atoms with Crippen LogP contribution in [0.4, 0.5) is 0 Å². The van der Waals surface area contributed by atoms with Gasteiger partial charge in [0.25, 0.3) is 5.56 Å². The van der Waals surface area contributed by atoms with Gasteiger partial charge in [-0.05, 0) is 31.2 Å². The van der Waals surface area contributed by atoms with Crippen molar-refractivity contribution in [2.24, 2.45) is 0 Å². The van der Waals surface area contributed by atoms with Crippen molar-refractivity contribution < 1.29 is 9.80 Å². The van der Waals surface area contributed by atoms with E-state index in [9.17, 15) is 4.79 Å². The van der Waals surface area contributed by atoms with Crippen molar-refractivity contribution in [2.45, 2.75) is 32.2 Å². The highest BCUT2D eigenvalue weighted by molar-refractivity contribution is 7.18. The van der Waals surface area contributed by atoms with Crippen LogP contribution in [-0.4, -0.2) is 43.2 Å². The predicted molar refractivity (Wildman–Crippen MR) is 87.9 cm³/mol. The van der Waals surface area contributed by atoms with E-state index in [1.54, 1.807) is 16.2 Å². The molecule has 0 aromatic carbocycles. The first-order valence-electron chi connectivity index (χ1n) is 8.39. The summed E-state index contributed by atoms with van der Waals surface area (Å²) in [5, 5.41) is 0.876. The number of piperazine rings is 1. The molecule has 0 amide bonds. The average Bonchev–Trinajstić information content (AvgIpc) is 2.88. The summed E-state index contributed by atoms with van der Waals surface area (Å²) in [6, 6.07) is 0. The number of hydrogen-bond acceptors (Lipinski definition) is 3. The van der Waals surface area contributed by atoms with Crippen LogP contribution in [0.2, 0.25) is 0 Å². The highest BCUT2D eigenvalue weighted by Gasteiger charge is 2.23. The number of hydrogen-bond donors (Lipinski definition) is 3. The molecule has 3 heterocycles. The lowest BCUT2D eigenvalue weighted by atomic mass is 9.97. The molecule has 5 nitrogen and oxygen atoms in total. The Labute approximate surface area is 134 Å². The molecule has 0 unspecified atom stereocenters. The van der Waals surface area contributed by atoms with Crippen LogP contribution in [0.1, 0.15) is 29.1 Å². The molecule has 3 N–H and O–H groups in total. The van der Waals surface area contributed by atoms with E-state index in [0.717, 1.165) is 48.5 Å². The molecule has 2 aliphatic rings. The Hall–Kier alpha value is -1.24. The van der Waals surface area contributed by atoms with Gasteiger partial charge >= 0.3 is 0 Å². The predicted octanol–water partition coefficient (Wildman–Crippen LogP) is -1.22. The van der Waals surface area contributed by atoms with Gasteiger partial charge in [0, 0.05) is 4.88 Å². The zero-order valence-electron chi connectivity index (χ0n) is 13.1. The van der Waals surface area contributed by atoms with Crippen molar-refractivity contribution in [1.29, 1.82) is 0 Å². The van der Waals surface area contributed by atoms with Crippen molar-refractivity contribution in [3.05, 3.63) is 26.6 Å². The zero-order chi connectivity index (χ0) is 15.1. The number of nitrogens with zero attached hydrogens (tertiary/aromatic N) is 1. The summed E-state index contributed by atoms with van der Waals surface area (Å²) in [6.07, 6.45) is 4.62. The fourth-order valence-corrected chi connectivity index (χ4v) is 5.02. The van der Waals surface area contributed by atoms with Gasteiger partial charge in [-0.2, -0.15) is 0 Å². The van der Waals surface area contributed by atoms with E-state index >= 15 is 0 Å². The van der Waals surface area contributed by atoms with Crippen LogP contribution < -0.4 is 15.4 Å². The second kappa shape index (κ2) is 5.76. The molecule has 0 atom stereocenters. The second-order valence-electron chi connectivity index (χ2n) is 6.79. The lowest BCUT2D eigenvalue weighted by Crippen LogP contribution is -3.26. The minimum Gasteiger partial charge on any atom is -0.328 e. The van der Waals surface area contributed by atoms with E-state index < -0.39 is 0 Å². The fourth-order valence-electron chi connectivity index (χ4n) is 3.74. The van der Waals surface area contributed by atoms with Crippen molar-refractivity contribution >= 4 is 21.6 Å². The first kappa shape index (κ1) is 14.4. The molecular formula is C16H24N4OS+2. The lowest BCUT2D eigenvalue weighted by molar-refractivity contribution is -1.01. The molecule has 0 saturated carbocycles. The molecule has 1 saturated heterocycles. The van der Waals surface area contributed by atoms with Gasteiger partial charge in [0.15, 0.2) is 5.82 Å². The maximum absolute atomic E-state index is 12.5. The first-order chi connectivity index (χ1) is 10.7. The van der Waals surface area contributed by atoms with E-state index in [2.05, 4.69) is 12.0 Å². The molecule has 4 rings (SSSR count). The van der Waals surface area contributed by atoms with E-state index in [4.69, 9.17) is 4.98 Å². The van der Waals surface area contributed by atoms with Crippen LogP contribution in [-0.2, 0) is 19.4 Å². The van der Waals surface area contributed by atoms with Crippen LogP contribution in [0.15, 0.2) is 4.79 Å². The third kappa shape index (κ3) is 2.59. The number of fused-ring (bicyclic) bond motifs is 3. The van der Waals surface area contributed by atoms with Crippen molar-refractivity contribution in [1.82, 2.24) is 9.97 Å². The monoisotopic (exact) mass is 320 g/mol. The third-order valence-corrected chi connectivity index (χ3v) is 6.29. The molecule has 1 aliphatic heterocycles. The van der Waals surface area contributed by atoms with Crippen LogP contribution in [0.3, 0.4) is 0 Å². The first-order valence-corrected chi connectivity index (χ1v) is 9.20. The van der Waals surface area contributed by atoms with Gasteiger partial charge in [0.05, 0.1) is 12.4 Å². The minimum absolute atomic E-state index is 0.0820. The van der Waals surface area contributed by atoms with Crippen molar-refractivity contribution in [2.75, 3.05) is 33.2 Å². The standard InChI is InChI=1S/C16H22N4OS/c1-19-6-8-20(9-7-19)10-13-17-15(21)14-11-4-2-3-5-12(11)22-16(14)18-13/h2-10H2,1H3,(H,17,18,21)/p+2. The summed E-state index contributed by atoms with van der Waals surface area (Å²) in [5.41, 5.74) is 1.36. The number of H-pyrrole nitrogens is 1. The Kier molecular flexibility index (Phi) is 3.76. The van der Waals surface area contributed by atoms with Crippen LogP contribution in [0.5, 0.6) is 0 Å². The molecular weight excluding hydrogens is 296 g/mol. The average molecular weight is 320 g/mol. The Morgan fingerprint density at radius 1 is 1.18 bits per heavy atom. The zero-order valence-corrected chi connectivity index (χ0v) is 13.9. The van der Waals surface area contributed by atoms with Crippen LogP contribution >= 0.6 is 11.3 Å². The maximum atomic E-state index is 12.5. The van der Waals surface area contributed by atoms with Crippen molar-refractivity contribution in [3.63, 3.8) is 0 Å². The van der Waals surface area contributed by atoms with Gasteiger partial charge in [-0.25, -0.2) is 4.98 Å². The van der Waals surface area contributed by atoms with Gasteiger partial charge in [-0.15, -0.1) is 11.3 Å². The van der Waals surface area contributed by atoms with Gasteiger partial charge in [-0.1, -0.05) is 0 Å². The summed E-state index contributed by atoms with van der Waals surface area (Å²) in [6.45, 7) is 5.58. The smallest absolute Gasteiger partial charge is 0.260 e. The molecule has 118 valence electrons. The van der Waals surface area contributed by atoms with E-state index in [1.807, 2.05) is 0 Å². The highest BCUT2D eigenvalue weighted by Crippen LogP contribution is 2.33. The van der Waals surface area contributed by atoms with Gasteiger partial charge in [-0.3, -0.25) is 4.79 Å². The summed E-state index contributed by atoms with van der Waals surface area (Å²) >= 11 is 1.75. The van der Waals surface area contributed by atoms with Gasteiger partial charge < -0.3 is 14.8 Å². The summed E-state index contributed by atoms with van der Waals surface area (Å²) < 4.78 is 0. The second-order valence-corrected chi connectivity index (χ2v) is 7.87. The fraction of sp³-hybridized carbons (Fsp3) is 0.625. The Morgan fingerprint density at radius 3 is 2.77 bits per heavy atom. The van der Waals surface area contributed by atoms with Crippen molar-refractivity contribution in [3.8, 4) is 0 Å². The largest absolute Gasteiger partial charge is 0.328 e. The van der Waals surface area contributed by atoms with Gasteiger partial charge in [0.1, 0.15) is 37.6 Å². The molecule has 0 bridgehead atoms. The van der Waals surface area contributed by atoms with Crippen LogP contribution in [0, 0.1) is 0 Å². The molecule has 22 heavy (non-hydrogen) atoms. The molecule has 0 radical (unpaired) electrons. The number of quaternary nitrogens is 2. The molecule has 1 fully saturated rings. The summed E-state index contributed by atoms with van der Waals surface area (Å²) in [4.78, 5) is 25.9. The Bertz CT molecular complexity index is 742. The quantitative estimate of drug-likeness (QED) is 0.650. The number of nitrogens with one attached hydrogen (secondary N) is 3. The normalized spacial score (nSPS) is 25.3. The number of rotatable bonds is 2. The maximum Gasteiger partial charge on any atom is 0.260 e. The topological polar surface area (TPSA) is 54.6 Å². The summed E-state index contributed by atoms with van der Waals surface area (Å²) in [5.74, 6) is 0.866. The SMILES string of the molecule is C[NH+]1CC[NH+](Cc2nc3sc4c(c3c(=O)[nH]2)CCCC4)CC1. The number of aryl methyl sites for hydroxylation is 2. The Balaban J connectivity index is 1.64. The number of thiophene rings is 1. The molecule has 0 spiro atoms. The van der Waals surface area contributed by atoms with Gasteiger partial charge in [0.2, 0.25) is 0 Å². The third-order valence-electron chi connectivity index (χ3n) is 5.10. The Morgan fingerprint density at radius 2 is 1.95 bits per heavy atom. The van der Waals surface area contributed by atoms with E-state index in [0.29, 0.717) is 0 Å². The number of likely N-dealkylation sites (N-methyl/N-ethyl adjacent to an activating group) is 1. The molecule has 2 aromatic heterocycles. The minimum atomic E-state index is 0.0820. The molecule has 2 aromatic rings. The van der Waals surface area contributed by atoms with E-state index in [-0.39, 0.29) is 5.56 Å². The molecule has 6 heteroatoms. The van der Waals surface area contributed by atoms with Crippen LogP contribution in [0.25, 0.3) is 10.2 Å². The lowest BCUT2D eigenvalue weighted by Gasteiger charge is -2.26. The number of aromatic amines is 1. The highest BCUT2D eigenvalue weighted by atomic mass is 32.1. The molecule has 1 aliphatic carbocycles. The van der Waals surface area contributed by atoms with E-state index in [1.165, 1.54) is 41.3 Å². The number of aromatic nitrogens is 2.